The van der Waals surface area contributed by atoms with Crippen LogP contribution in [-0.4, -0.2) is 30.2 Å². The molecule has 0 aromatic heterocycles. The zero-order valence-electron chi connectivity index (χ0n) is 11.1. The summed E-state index contributed by atoms with van der Waals surface area (Å²) < 4.78 is 0. The highest BCUT2D eigenvalue weighted by Crippen LogP contribution is 2.23. The van der Waals surface area contributed by atoms with Gasteiger partial charge in [-0.1, -0.05) is 24.6 Å². The summed E-state index contributed by atoms with van der Waals surface area (Å²) in [5.74, 6) is 0.424. The number of anilines is 1. The number of hydrogen-bond donors (Lipinski definition) is 3. The van der Waals surface area contributed by atoms with Crippen molar-refractivity contribution in [1.82, 2.24) is 5.32 Å². The normalized spacial score (nSPS) is 22.8. The Morgan fingerprint density at radius 1 is 1.26 bits per heavy atom. The Morgan fingerprint density at radius 2 is 2.05 bits per heavy atom. The van der Waals surface area contributed by atoms with Gasteiger partial charge >= 0.3 is 0 Å². The molecule has 1 saturated carbocycles. The molecule has 1 amide bonds. The van der Waals surface area contributed by atoms with Crippen LogP contribution in [-0.2, 0) is 4.79 Å². The number of aliphatic hydroxyl groups excluding tert-OH is 1. The molecule has 2 unspecified atom stereocenters. The van der Waals surface area contributed by atoms with Crippen molar-refractivity contribution in [1.29, 1.82) is 0 Å². The van der Waals surface area contributed by atoms with Crippen LogP contribution in [0.4, 0.5) is 5.69 Å². The monoisotopic (exact) mass is 262 g/mol. The van der Waals surface area contributed by atoms with E-state index in [4.69, 9.17) is 0 Å². The molecule has 0 spiro atoms. The summed E-state index contributed by atoms with van der Waals surface area (Å²) >= 11 is 0. The third-order valence-corrected chi connectivity index (χ3v) is 3.57. The largest absolute Gasteiger partial charge is 0.393 e. The third kappa shape index (κ3) is 4.91. The van der Waals surface area contributed by atoms with E-state index in [1.165, 1.54) is 0 Å². The summed E-state index contributed by atoms with van der Waals surface area (Å²) in [5, 5.41) is 15.6. The Morgan fingerprint density at radius 3 is 2.79 bits per heavy atom. The number of hydrogen-bond acceptors (Lipinski definition) is 3. The fourth-order valence-electron chi connectivity index (χ4n) is 2.51. The first-order valence-corrected chi connectivity index (χ1v) is 6.97. The second kappa shape index (κ2) is 7.14. The molecule has 3 N–H and O–H groups in total. The highest BCUT2D eigenvalue weighted by atomic mass is 16.3. The number of benzene rings is 1. The van der Waals surface area contributed by atoms with Gasteiger partial charge in [0, 0.05) is 12.2 Å². The number of rotatable bonds is 5. The van der Waals surface area contributed by atoms with Crippen molar-refractivity contribution in [3.63, 3.8) is 0 Å². The smallest absolute Gasteiger partial charge is 0.239 e. The Balaban J connectivity index is 1.64. The van der Waals surface area contributed by atoms with Crippen molar-refractivity contribution in [2.24, 2.45) is 5.92 Å². The molecular formula is C15H22N2O2. The van der Waals surface area contributed by atoms with Crippen LogP contribution in [0.15, 0.2) is 30.3 Å². The quantitative estimate of drug-likeness (QED) is 0.758. The van der Waals surface area contributed by atoms with Crippen LogP contribution < -0.4 is 10.6 Å². The summed E-state index contributed by atoms with van der Waals surface area (Å²) in [5.41, 5.74) is 0.950. The highest BCUT2D eigenvalue weighted by molar-refractivity contribution is 5.80. The van der Waals surface area contributed by atoms with Gasteiger partial charge in [0.05, 0.1) is 12.6 Å². The number of amides is 1. The van der Waals surface area contributed by atoms with Crippen molar-refractivity contribution >= 4 is 11.6 Å². The van der Waals surface area contributed by atoms with Crippen LogP contribution in [0.1, 0.15) is 25.7 Å². The van der Waals surface area contributed by atoms with Crippen LogP contribution in [0.25, 0.3) is 0 Å². The van der Waals surface area contributed by atoms with Gasteiger partial charge in [-0.05, 0) is 37.3 Å². The second-order valence-corrected chi connectivity index (χ2v) is 5.21. The SMILES string of the molecule is O=C(CNc1ccccc1)NCC1CCCC(O)C1. The minimum Gasteiger partial charge on any atom is -0.393 e. The van der Waals surface area contributed by atoms with Gasteiger partial charge in [0.25, 0.3) is 0 Å². The molecule has 4 heteroatoms. The fourth-order valence-corrected chi connectivity index (χ4v) is 2.51. The van der Waals surface area contributed by atoms with Gasteiger partial charge in [-0.25, -0.2) is 0 Å². The lowest BCUT2D eigenvalue weighted by molar-refractivity contribution is -0.119. The Hall–Kier alpha value is -1.55. The maximum Gasteiger partial charge on any atom is 0.239 e. The lowest BCUT2D eigenvalue weighted by Crippen LogP contribution is -2.36. The molecule has 2 atom stereocenters. The summed E-state index contributed by atoms with van der Waals surface area (Å²) in [7, 11) is 0. The minimum absolute atomic E-state index is 0.00363. The van der Waals surface area contributed by atoms with Crippen molar-refractivity contribution in [2.45, 2.75) is 31.8 Å². The zero-order valence-corrected chi connectivity index (χ0v) is 11.1. The van der Waals surface area contributed by atoms with Gasteiger partial charge < -0.3 is 15.7 Å². The number of nitrogens with one attached hydrogen (secondary N) is 2. The summed E-state index contributed by atoms with van der Waals surface area (Å²) in [6, 6.07) is 9.68. The third-order valence-electron chi connectivity index (χ3n) is 3.57. The van der Waals surface area contributed by atoms with E-state index in [0.717, 1.165) is 31.4 Å². The van der Waals surface area contributed by atoms with Crippen molar-refractivity contribution in [2.75, 3.05) is 18.4 Å². The number of carbonyl (C=O) groups excluding carboxylic acids is 1. The number of carbonyl (C=O) groups is 1. The van der Waals surface area contributed by atoms with E-state index in [0.29, 0.717) is 19.0 Å². The Bertz CT molecular complexity index is 394. The fraction of sp³-hybridized carbons (Fsp3) is 0.533. The molecule has 0 saturated heterocycles. The van der Waals surface area contributed by atoms with Crippen molar-refractivity contribution in [3.05, 3.63) is 30.3 Å². The Labute approximate surface area is 114 Å². The minimum atomic E-state index is -0.182. The summed E-state index contributed by atoms with van der Waals surface area (Å²) in [4.78, 5) is 11.7. The molecule has 1 aromatic carbocycles. The topological polar surface area (TPSA) is 61.4 Å². The molecule has 1 fully saturated rings. The average molecular weight is 262 g/mol. The molecule has 0 radical (unpaired) electrons. The highest BCUT2D eigenvalue weighted by Gasteiger charge is 2.20. The van der Waals surface area contributed by atoms with Crippen LogP contribution in [0, 0.1) is 5.92 Å². The number of aliphatic hydroxyl groups is 1. The standard InChI is InChI=1S/C15H22N2O2/c18-14-8-4-5-12(9-14)10-17-15(19)11-16-13-6-2-1-3-7-13/h1-3,6-7,12,14,16,18H,4-5,8-11H2,(H,17,19). The predicted molar refractivity (Wildman–Crippen MR) is 75.9 cm³/mol. The maximum absolute atomic E-state index is 11.7. The number of para-hydroxylation sites is 1. The molecule has 0 heterocycles. The zero-order chi connectivity index (χ0) is 13.5. The van der Waals surface area contributed by atoms with Crippen molar-refractivity contribution in [3.8, 4) is 0 Å². The van der Waals surface area contributed by atoms with E-state index < -0.39 is 0 Å². The van der Waals surface area contributed by atoms with Crippen LogP contribution >= 0.6 is 0 Å². The van der Waals surface area contributed by atoms with E-state index in [1.807, 2.05) is 30.3 Å². The molecule has 104 valence electrons. The van der Waals surface area contributed by atoms with E-state index in [1.54, 1.807) is 0 Å². The van der Waals surface area contributed by atoms with Gasteiger partial charge in [-0.2, -0.15) is 0 Å². The van der Waals surface area contributed by atoms with E-state index >= 15 is 0 Å². The lowest BCUT2D eigenvalue weighted by Gasteiger charge is -2.25. The van der Waals surface area contributed by atoms with Crippen LogP contribution in [0.3, 0.4) is 0 Å². The first kappa shape index (κ1) is 13.9. The van der Waals surface area contributed by atoms with Gasteiger partial charge in [-0.15, -0.1) is 0 Å². The van der Waals surface area contributed by atoms with Gasteiger partial charge in [-0.3, -0.25) is 4.79 Å². The molecule has 2 rings (SSSR count). The first-order chi connectivity index (χ1) is 9.24. The summed E-state index contributed by atoms with van der Waals surface area (Å²) in [6.07, 6.45) is 3.69. The molecule has 4 nitrogen and oxygen atoms in total. The van der Waals surface area contributed by atoms with E-state index in [-0.39, 0.29) is 12.0 Å². The van der Waals surface area contributed by atoms with E-state index in [9.17, 15) is 9.90 Å². The maximum atomic E-state index is 11.7. The molecule has 19 heavy (non-hydrogen) atoms. The molecule has 0 aliphatic heterocycles. The molecule has 1 aliphatic rings. The van der Waals surface area contributed by atoms with E-state index in [2.05, 4.69) is 10.6 Å². The molecule has 0 bridgehead atoms. The first-order valence-electron chi connectivity index (χ1n) is 6.97. The molecule has 1 aliphatic carbocycles. The summed E-state index contributed by atoms with van der Waals surface area (Å²) in [6.45, 7) is 0.964. The van der Waals surface area contributed by atoms with Gasteiger partial charge in [0.1, 0.15) is 0 Å². The van der Waals surface area contributed by atoms with Crippen LogP contribution in [0.2, 0.25) is 0 Å². The van der Waals surface area contributed by atoms with Crippen molar-refractivity contribution < 1.29 is 9.90 Å². The molecule has 1 aromatic rings. The lowest BCUT2D eigenvalue weighted by atomic mass is 9.87. The Kier molecular flexibility index (Phi) is 5.21. The molecular weight excluding hydrogens is 240 g/mol. The second-order valence-electron chi connectivity index (χ2n) is 5.21. The van der Waals surface area contributed by atoms with Gasteiger partial charge in [0.2, 0.25) is 5.91 Å². The van der Waals surface area contributed by atoms with Gasteiger partial charge in [0.15, 0.2) is 0 Å². The average Bonchev–Trinajstić information content (AvgIpc) is 2.44. The van der Waals surface area contributed by atoms with Crippen LogP contribution in [0.5, 0.6) is 0 Å². The predicted octanol–water partition coefficient (Wildman–Crippen LogP) is 1.77.